The first-order valence-electron chi connectivity index (χ1n) is 1.23. The van der Waals surface area contributed by atoms with Crippen molar-refractivity contribution < 1.29 is 88.6 Å². The zero-order chi connectivity index (χ0) is 8.08. The predicted molar refractivity (Wildman–Crippen MR) is 36.4 cm³/mol. The minimum atomic E-state index is -3.83. The molecule has 0 saturated carbocycles. The Balaban J connectivity index is -0.0000000146. The molecule has 0 amide bonds. The van der Waals surface area contributed by atoms with Gasteiger partial charge in [0, 0.05) is 11.2 Å². The Morgan fingerprint density at radius 3 is 1.27 bits per heavy atom. The van der Waals surface area contributed by atoms with Gasteiger partial charge in [0.2, 0.25) is 0 Å². The molecule has 0 saturated heterocycles. The molecule has 62 valence electrons. The molecule has 4 N–H and O–H groups in total. The van der Waals surface area contributed by atoms with Crippen LogP contribution in [0.3, 0.4) is 0 Å². The van der Waals surface area contributed by atoms with Crippen LogP contribution in [-0.2, 0) is 31.6 Å². The van der Waals surface area contributed by atoms with E-state index >= 15 is 0 Å². The van der Waals surface area contributed by atoms with Gasteiger partial charge in [-0.15, -0.1) is 0 Å². The van der Waals surface area contributed by atoms with Crippen LogP contribution in [0.15, 0.2) is 0 Å². The molecule has 0 aromatic heterocycles. The van der Waals surface area contributed by atoms with E-state index in [1.54, 1.807) is 0 Å². The molecule has 0 heterocycles. The van der Waals surface area contributed by atoms with E-state index in [1.807, 2.05) is 0 Å². The third kappa shape index (κ3) is 238. The second-order valence-corrected chi connectivity index (χ2v) is 3.34. The van der Waals surface area contributed by atoms with E-state index in [0.29, 0.717) is 0 Å². The first kappa shape index (κ1) is 23.3. The monoisotopic (exact) mass is 244 g/mol. The summed E-state index contributed by atoms with van der Waals surface area (Å²) >= 11 is 0.854. The molecule has 0 radical (unpaired) electrons. The fourth-order valence-electron chi connectivity index (χ4n) is 0. The van der Waals surface area contributed by atoms with Crippen molar-refractivity contribution >= 4 is 31.6 Å². The van der Waals surface area contributed by atoms with Crippen molar-refractivity contribution in [1.29, 1.82) is 0 Å². The Kier molecular flexibility index (Phi) is 26.2. The summed E-state index contributed by atoms with van der Waals surface area (Å²) in [7, 11) is -3.83. The SMILES string of the molecule is O=S(O)(O)=S.O=S(O)O.[H-].[H-].[Na+].[Na+]. The summed E-state index contributed by atoms with van der Waals surface area (Å²) in [6, 6.07) is 0. The maximum atomic E-state index is 9.11. The summed E-state index contributed by atoms with van der Waals surface area (Å²) in [5, 5.41) is 0. The Bertz CT molecular complexity index is 166. The van der Waals surface area contributed by atoms with E-state index in [-0.39, 0.29) is 62.0 Å². The second kappa shape index (κ2) is 12.4. The Morgan fingerprint density at radius 2 is 1.27 bits per heavy atom. The molecule has 0 spiro atoms. The van der Waals surface area contributed by atoms with Crippen LogP contribution in [0.25, 0.3) is 0 Å². The van der Waals surface area contributed by atoms with E-state index in [0.717, 1.165) is 0 Å². The number of hydrogen-bond donors (Lipinski definition) is 4. The molecule has 0 aromatic carbocycles. The molecule has 0 aliphatic rings. The molecular formula is H6Na2O6S3. The summed E-state index contributed by atoms with van der Waals surface area (Å²) in [4.78, 5) is 0. The molecule has 0 aliphatic heterocycles. The van der Waals surface area contributed by atoms with Crippen molar-refractivity contribution in [3.8, 4) is 0 Å². The molecule has 0 unspecified atom stereocenters. The molecule has 0 aliphatic carbocycles. The molecule has 0 rings (SSSR count). The van der Waals surface area contributed by atoms with E-state index in [9.17, 15) is 0 Å². The van der Waals surface area contributed by atoms with Crippen LogP contribution in [0.4, 0.5) is 0 Å². The van der Waals surface area contributed by atoms with Crippen LogP contribution in [0, 0.1) is 0 Å². The molecule has 0 atom stereocenters. The summed E-state index contributed by atoms with van der Waals surface area (Å²) in [5.74, 6) is 0. The summed E-state index contributed by atoms with van der Waals surface area (Å²) < 4.78 is 46.8. The van der Waals surface area contributed by atoms with Gasteiger partial charge in [-0.1, -0.05) is 0 Å². The fraction of sp³-hybridized carbons (Fsp3) is 0. The predicted octanol–water partition coefficient (Wildman–Crippen LogP) is -6.41. The standard InChI is InChI=1S/2Na.H2O3S2.H2O3S.2H/c;;1-5(2,3)4;1-4(2)3;;/h;;(H2,1,2,3,4);(H2,1,2,3);;/q2*+1;;;2*-1. The fourth-order valence-corrected chi connectivity index (χ4v) is 0. The largest absolute Gasteiger partial charge is 1.00 e. The maximum absolute atomic E-state index is 9.11. The molecule has 6 nitrogen and oxygen atoms in total. The zero-order valence-corrected chi connectivity index (χ0v) is 12.3. The van der Waals surface area contributed by atoms with Crippen LogP contribution in [-0.4, -0.2) is 26.6 Å². The van der Waals surface area contributed by atoms with Crippen molar-refractivity contribution in [3.63, 3.8) is 0 Å². The van der Waals surface area contributed by atoms with Crippen molar-refractivity contribution in [1.82, 2.24) is 0 Å². The van der Waals surface area contributed by atoms with E-state index in [4.69, 9.17) is 26.6 Å². The Hall–Kier alpha value is 2.36. The zero-order valence-electron chi connectivity index (χ0n) is 7.83. The molecule has 11 heavy (non-hydrogen) atoms. The third-order valence-corrected chi connectivity index (χ3v) is 0. The van der Waals surface area contributed by atoms with Crippen molar-refractivity contribution in [2.24, 2.45) is 0 Å². The number of rotatable bonds is 0. The first-order valence-corrected chi connectivity index (χ1v) is 4.69. The molecule has 0 bridgehead atoms. The maximum Gasteiger partial charge on any atom is 1.00 e. The second-order valence-electron chi connectivity index (χ2n) is 0.679. The van der Waals surface area contributed by atoms with Crippen molar-refractivity contribution in [2.75, 3.05) is 0 Å². The van der Waals surface area contributed by atoms with E-state index in [2.05, 4.69) is 11.2 Å². The Morgan fingerprint density at radius 1 is 1.27 bits per heavy atom. The van der Waals surface area contributed by atoms with Gasteiger partial charge in [0.15, 0.2) is 0 Å². The Labute approximate surface area is 119 Å². The van der Waals surface area contributed by atoms with Crippen LogP contribution in [0.1, 0.15) is 2.85 Å². The van der Waals surface area contributed by atoms with E-state index < -0.39 is 20.4 Å². The summed E-state index contributed by atoms with van der Waals surface area (Å²) in [6.07, 6.45) is 0. The average molecular weight is 244 g/mol. The van der Waals surface area contributed by atoms with Gasteiger partial charge in [-0.05, 0) is 0 Å². The van der Waals surface area contributed by atoms with Crippen LogP contribution in [0.5, 0.6) is 0 Å². The van der Waals surface area contributed by atoms with Crippen LogP contribution < -0.4 is 59.1 Å². The minimum Gasteiger partial charge on any atom is -1.00 e. The van der Waals surface area contributed by atoms with Crippen molar-refractivity contribution in [3.05, 3.63) is 0 Å². The van der Waals surface area contributed by atoms with Gasteiger partial charge >= 0.3 is 59.1 Å². The average Bonchev–Trinajstić information content (AvgIpc) is 1.19. The van der Waals surface area contributed by atoms with Gasteiger partial charge in [-0.25, -0.2) is 0 Å². The first-order chi connectivity index (χ1) is 3.73. The van der Waals surface area contributed by atoms with Gasteiger partial charge in [0.05, 0.1) is 0 Å². The van der Waals surface area contributed by atoms with Gasteiger partial charge in [0.25, 0.3) is 20.4 Å². The number of hydrogen-bond acceptors (Lipinski definition) is 3. The van der Waals surface area contributed by atoms with Crippen molar-refractivity contribution in [2.45, 2.75) is 0 Å². The third-order valence-electron chi connectivity index (χ3n) is 0. The van der Waals surface area contributed by atoms with Gasteiger partial charge in [-0.2, -0.15) is 8.42 Å². The van der Waals surface area contributed by atoms with E-state index in [1.165, 1.54) is 0 Å². The summed E-state index contributed by atoms with van der Waals surface area (Å²) in [6.45, 7) is 0. The normalized spacial score (nSPS) is 8.45. The minimum absolute atomic E-state index is 0. The summed E-state index contributed by atoms with van der Waals surface area (Å²) in [5.41, 5.74) is 0. The van der Waals surface area contributed by atoms with Gasteiger partial charge in [0.1, 0.15) is 0 Å². The smallest absolute Gasteiger partial charge is 1.00 e. The van der Waals surface area contributed by atoms with Gasteiger partial charge in [-0.3, -0.25) is 18.2 Å². The van der Waals surface area contributed by atoms with Crippen LogP contribution >= 0.6 is 0 Å². The quantitative estimate of drug-likeness (QED) is 0.247. The molecular weight excluding hydrogens is 238 g/mol. The molecule has 0 fully saturated rings. The van der Waals surface area contributed by atoms with Crippen LogP contribution in [0.2, 0.25) is 0 Å². The molecule has 0 aromatic rings. The molecule has 11 heteroatoms. The van der Waals surface area contributed by atoms with Gasteiger partial charge < -0.3 is 2.85 Å². The topological polar surface area (TPSA) is 115 Å².